The Bertz CT molecular complexity index is 1820. The fourth-order valence-corrected chi connectivity index (χ4v) is 4.87. The SMILES string of the molecule is [2H]C([2H])([2H])c1cc2c(oc3c(-c4cccc[n+]4C)c(C)ccc32)c(-c2ccc(-c3ccccc3)cc2)c1F. The minimum atomic E-state index is -2.63. The zero-order chi connectivity index (χ0) is 26.6. The van der Waals surface area contributed by atoms with Crippen molar-refractivity contribution in [3.05, 3.63) is 114 Å². The second kappa shape index (κ2) is 8.21. The van der Waals surface area contributed by atoms with Crippen molar-refractivity contribution in [2.45, 2.75) is 13.8 Å². The van der Waals surface area contributed by atoms with E-state index in [4.69, 9.17) is 8.53 Å². The first kappa shape index (κ1) is 18.1. The monoisotopic (exact) mass is 461 g/mol. The standard InChI is InChI=1S/C32H25FNO/c1-20-12-17-25-26-19-21(2)30(33)29(24-15-13-23(14-16-24)22-9-5-4-6-10-22)32(26)35-31(25)28(20)27-11-7-8-18-34(27)3/h4-19H,1-3H3/q+1/i2D3. The average Bonchev–Trinajstić information content (AvgIpc) is 3.27. The molecule has 0 atom stereocenters. The molecule has 0 saturated heterocycles. The van der Waals surface area contributed by atoms with E-state index in [9.17, 15) is 0 Å². The smallest absolute Gasteiger partial charge is 0.216 e. The van der Waals surface area contributed by atoms with Gasteiger partial charge in [-0.2, -0.15) is 0 Å². The van der Waals surface area contributed by atoms with Crippen LogP contribution in [0.2, 0.25) is 0 Å². The van der Waals surface area contributed by atoms with Crippen molar-refractivity contribution < 1.29 is 17.5 Å². The second-order valence-corrected chi connectivity index (χ2v) is 8.87. The molecule has 0 aliphatic heterocycles. The topological polar surface area (TPSA) is 17.0 Å². The van der Waals surface area contributed by atoms with Crippen molar-refractivity contribution in [1.82, 2.24) is 0 Å². The van der Waals surface area contributed by atoms with Crippen LogP contribution >= 0.6 is 0 Å². The Kier molecular flexibility index (Phi) is 4.25. The van der Waals surface area contributed by atoms with Gasteiger partial charge in [-0.05, 0) is 53.7 Å². The van der Waals surface area contributed by atoms with Gasteiger partial charge in [-0.25, -0.2) is 8.96 Å². The Morgan fingerprint density at radius 1 is 0.714 bits per heavy atom. The molecular formula is C32H25FNO+. The number of hydrogen-bond acceptors (Lipinski definition) is 1. The summed E-state index contributed by atoms with van der Waals surface area (Å²) < 4.78 is 48.7. The van der Waals surface area contributed by atoms with Crippen molar-refractivity contribution in [2.24, 2.45) is 7.05 Å². The lowest BCUT2D eigenvalue weighted by molar-refractivity contribution is -0.660. The molecule has 0 amide bonds. The summed E-state index contributed by atoms with van der Waals surface area (Å²) in [7, 11) is 1.96. The molecule has 2 heterocycles. The van der Waals surface area contributed by atoms with E-state index in [0.717, 1.165) is 33.3 Å². The van der Waals surface area contributed by atoms with Crippen LogP contribution in [0.3, 0.4) is 0 Å². The third-order valence-electron chi connectivity index (χ3n) is 6.67. The van der Waals surface area contributed by atoms with Crippen molar-refractivity contribution in [3.8, 4) is 33.5 Å². The van der Waals surface area contributed by atoms with E-state index in [0.29, 0.717) is 22.1 Å². The first-order valence-electron chi connectivity index (χ1n) is 13.0. The third kappa shape index (κ3) is 3.43. The van der Waals surface area contributed by atoms with Crippen LogP contribution in [-0.4, -0.2) is 0 Å². The van der Waals surface area contributed by atoms with Gasteiger partial charge in [-0.1, -0.05) is 66.7 Å². The first-order valence-corrected chi connectivity index (χ1v) is 11.5. The molecular weight excluding hydrogens is 433 g/mol. The number of hydrogen-bond donors (Lipinski definition) is 0. The van der Waals surface area contributed by atoms with E-state index in [1.807, 2.05) is 110 Å². The van der Waals surface area contributed by atoms with Gasteiger partial charge in [0.15, 0.2) is 6.20 Å². The largest absolute Gasteiger partial charge is 0.454 e. The van der Waals surface area contributed by atoms with Gasteiger partial charge in [0.05, 0.1) is 11.1 Å². The third-order valence-corrected chi connectivity index (χ3v) is 6.67. The van der Waals surface area contributed by atoms with E-state index >= 15 is 4.39 Å². The molecule has 6 aromatic rings. The maximum atomic E-state index is 16.1. The molecule has 0 spiro atoms. The van der Waals surface area contributed by atoms with E-state index in [-0.39, 0.29) is 11.1 Å². The number of aromatic nitrogens is 1. The van der Waals surface area contributed by atoms with Crippen LogP contribution in [0.5, 0.6) is 0 Å². The number of pyridine rings is 1. The van der Waals surface area contributed by atoms with E-state index in [2.05, 4.69) is 0 Å². The number of aryl methyl sites for hydroxylation is 3. The van der Waals surface area contributed by atoms with Crippen LogP contribution in [0.15, 0.2) is 102 Å². The van der Waals surface area contributed by atoms with Gasteiger partial charge in [0.1, 0.15) is 24.0 Å². The molecule has 0 unspecified atom stereocenters. The zero-order valence-corrected chi connectivity index (χ0v) is 19.5. The summed E-state index contributed by atoms with van der Waals surface area (Å²) in [5.74, 6) is -0.785. The molecule has 3 heteroatoms. The highest BCUT2D eigenvalue weighted by Gasteiger charge is 2.24. The molecule has 0 aliphatic rings. The van der Waals surface area contributed by atoms with Crippen molar-refractivity contribution in [3.63, 3.8) is 0 Å². The summed E-state index contributed by atoms with van der Waals surface area (Å²) in [4.78, 5) is 0. The number of furan rings is 1. The summed E-state index contributed by atoms with van der Waals surface area (Å²) in [6.45, 7) is -0.618. The number of benzene rings is 4. The average molecular weight is 462 g/mol. The van der Waals surface area contributed by atoms with Crippen LogP contribution in [0, 0.1) is 19.6 Å². The minimum absolute atomic E-state index is 0.158. The number of rotatable bonds is 3. The van der Waals surface area contributed by atoms with E-state index < -0.39 is 12.7 Å². The first-order chi connectivity index (χ1) is 18.2. The highest BCUT2D eigenvalue weighted by molar-refractivity contribution is 6.13. The number of nitrogens with zero attached hydrogens (tertiary/aromatic N) is 1. The molecule has 2 aromatic heterocycles. The molecule has 0 saturated carbocycles. The lowest BCUT2D eigenvalue weighted by Gasteiger charge is -2.09. The van der Waals surface area contributed by atoms with Crippen LogP contribution in [0.4, 0.5) is 4.39 Å². The van der Waals surface area contributed by atoms with Gasteiger partial charge in [0, 0.05) is 27.0 Å². The Hall–Kier alpha value is -4.24. The Labute approximate surface area is 208 Å². The number of fused-ring (bicyclic) bond motifs is 3. The quantitative estimate of drug-likeness (QED) is 0.243. The van der Waals surface area contributed by atoms with Crippen molar-refractivity contribution in [1.29, 1.82) is 0 Å². The Morgan fingerprint density at radius 2 is 1.40 bits per heavy atom. The Balaban J connectivity index is 1.67. The molecule has 0 aliphatic carbocycles. The van der Waals surface area contributed by atoms with E-state index in [1.165, 1.54) is 6.07 Å². The van der Waals surface area contributed by atoms with Crippen LogP contribution in [0.1, 0.15) is 15.2 Å². The second-order valence-electron chi connectivity index (χ2n) is 8.87. The minimum Gasteiger partial charge on any atom is -0.454 e. The lowest BCUT2D eigenvalue weighted by atomic mass is 9.95. The molecule has 35 heavy (non-hydrogen) atoms. The van der Waals surface area contributed by atoms with Gasteiger partial charge in [-0.15, -0.1) is 0 Å². The molecule has 0 N–H and O–H groups in total. The summed E-state index contributed by atoms with van der Waals surface area (Å²) in [5.41, 5.74) is 6.20. The van der Waals surface area contributed by atoms with Crippen LogP contribution in [0.25, 0.3) is 55.4 Å². The lowest BCUT2D eigenvalue weighted by Crippen LogP contribution is -2.30. The fourth-order valence-electron chi connectivity index (χ4n) is 4.87. The summed E-state index contributed by atoms with van der Waals surface area (Å²) in [6.07, 6.45) is 1.96. The van der Waals surface area contributed by atoms with Gasteiger partial charge in [0.2, 0.25) is 5.69 Å². The molecule has 0 bridgehead atoms. The molecule has 0 fully saturated rings. The maximum absolute atomic E-state index is 16.1. The predicted molar refractivity (Wildman–Crippen MR) is 141 cm³/mol. The highest BCUT2D eigenvalue weighted by atomic mass is 19.1. The van der Waals surface area contributed by atoms with E-state index in [1.54, 1.807) is 0 Å². The molecule has 4 aromatic carbocycles. The highest BCUT2D eigenvalue weighted by Crippen LogP contribution is 2.42. The van der Waals surface area contributed by atoms with Crippen LogP contribution in [-0.2, 0) is 7.05 Å². The summed E-state index contributed by atoms with van der Waals surface area (Å²) >= 11 is 0. The molecule has 2 nitrogen and oxygen atoms in total. The fraction of sp³-hybridized carbons (Fsp3) is 0.0938. The maximum Gasteiger partial charge on any atom is 0.216 e. The Morgan fingerprint density at radius 3 is 2.14 bits per heavy atom. The molecule has 170 valence electrons. The number of halogens is 1. The van der Waals surface area contributed by atoms with Gasteiger partial charge >= 0.3 is 0 Å². The molecule has 6 rings (SSSR count). The normalized spacial score (nSPS) is 13.1. The van der Waals surface area contributed by atoms with Crippen molar-refractivity contribution >= 4 is 21.9 Å². The predicted octanol–water partition coefficient (Wildman–Crippen LogP) is 8.17. The summed E-state index contributed by atoms with van der Waals surface area (Å²) in [6, 6.07) is 28.6. The zero-order valence-electron chi connectivity index (χ0n) is 22.5. The van der Waals surface area contributed by atoms with Gasteiger partial charge in [0.25, 0.3) is 0 Å². The van der Waals surface area contributed by atoms with Crippen LogP contribution < -0.4 is 4.57 Å². The van der Waals surface area contributed by atoms with Gasteiger partial charge < -0.3 is 4.42 Å². The summed E-state index contributed by atoms with van der Waals surface area (Å²) in [5, 5.41) is 1.33. The molecule has 0 radical (unpaired) electrons. The van der Waals surface area contributed by atoms with Gasteiger partial charge in [-0.3, -0.25) is 0 Å². The van der Waals surface area contributed by atoms with Crippen molar-refractivity contribution in [2.75, 3.05) is 0 Å².